The average Bonchev–Trinajstić information content (AvgIpc) is 2.39. The van der Waals surface area contributed by atoms with E-state index < -0.39 is 5.54 Å². The molecule has 0 aromatic rings. The van der Waals surface area contributed by atoms with Gasteiger partial charge in [-0.05, 0) is 56.3 Å². The summed E-state index contributed by atoms with van der Waals surface area (Å²) in [5.74, 6) is 1.21. The third-order valence-corrected chi connectivity index (χ3v) is 5.40. The second-order valence-corrected chi connectivity index (χ2v) is 7.09. The number of rotatable bonds is 1. The Balaban J connectivity index is 2.24. The van der Waals surface area contributed by atoms with Crippen LogP contribution in [-0.4, -0.2) is 21.7 Å². The summed E-state index contributed by atoms with van der Waals surface area (Å²) in [7, 11) is 0. The molecule has 0 saturated heterocycles. The van der Waals surface area contributed by atoms with Gasteiger partial charge in [-0.3, -0.25) is 0 Å². The van der Waals surface area contributed by atoms with Crippen molar-refractivity contribution in [1.82, 2.24) is 5.48 Å². The normalized spacial score (nSPS) is 40.8. The van der Waals surface area contributed by atoms with Crippen LogP contribution in [0.4, 0.5) is 0 Å². The third-order valence-electron chi connectivity index (χ3n) is 5.40. The fourth-order valence-corrected chi connectivity index (χ4v) is 3.87. The van der Waals surface area contributed by atoms with Gasteiger partial charge in [0.05, 0.1) is 11.3 Å². The molecule has 0 spiro atoms. The third kappa shape index (κ3) is 2.43. The van der Waals surface area contributed by atoms with Gasteiger partial charge in [-0.25, -0.2) is 0 Å². The first-order valence-corrected chi connectivity index (χ1v) is 7.14. The summed E-state index contributed by atoms with van der Waals surface area (Å²) < 4.78 is 0. The SMILES string of the molecule is C=C1CC/C(=N\O)[C@](C)(NO)CC[C@H]2[C@H]1CC2(C)C. The lowest BCUT2D eigenvalue weighted by atomic mass is 9.52. The van der Waals surface area contributed by atoms with Crippen molar-refractivity contribution < 1.29 is 10.4 Å². The van der Waals surface area contributed by atoms with Crippen LogP contribution in [0.3, 0.4) is 0 Å². The maximum absolute atomic E-state index is 9.46. The molecule has 2 saturated carbocycles. The number of nitrogens with one attached hydrogen (secondary N) is 1. The van der Waals surface area contributed by atoms with Gasteiger partial charge < -0.3 is 10.4 Å². The highest BCUT2D eigenvalue weighted by Crippen LogP contribution is 2.56. The number of allylic oxidation sites excluding steroid dienone is 1. The number of fused-ring (bicyclic) bond motifs is 1. The van der Waals surface area contributed by atoms with Gasteiger partial charge in [-0.1, -0.05) is 31.2 Å². The minimum Gasteiger partial charge on any atom is -0.411 e. The van der Waals surface area contributed by atoms with E-state index in [1.54, 1.807) is 0 Å². The van der Waals surface area contributed by atoms with Crippen LogP contribution in [0.5, 0.6) is 0 Å². The Bertz CT molecular complexity index is 403. The number of hydroxylamine groups is 1. The second kappa shape index (κ2) is 4.91. The van der Waals surface area contributed by atoms with Crippen molar-refractivity contribution in [3.8, 4) is 0 Å². The van der Waals surface area contributed by atoms with Crippen molar-refractivity contribution in [2.75, 3.05) is 0 Å². The summed E-state index contributed by atoms with van der Waals surface area (Å²) >= 11 is 0. The van der Waals surface area contributed by atoms with Crippen LogP contribution >= 0.6 is 0 Å². The van der Waals surface area contributed by atoms with Gasteiger partial charge in [-0.2, -0.15) is 5.48 Å². The fourth-order valence-electron chi connectivity index (χ4n) is 3.87. The molecule has 4 heteroatoms. The van der Waals surface area contributed by atoms with Crippen LogP contribution in [0, 0.1) is 17.3 Å². The molecular weight excluding hydrogens is 240 g/mol. The first-order valence-electron chi connectivity index (χ1n) is 7.14. The van der Waals surface area contributed by atoms with Crippen LogP contribution in [0.15, 0.2) is 17.3 Å². The van der Waals surface area contributed by atoms with E-state index in [0.717, 1.165) is 19.3 Å². The number of hydrogen-bond donors (Lipinski definition) is 3. The quantitative estimate of drug-likeness (QED) is 0.387. The van der Waals surface area contributed by atoms with E-state index in [4.69, 9.17) is 0 Å². The Morgan fingerprint density at radius 2 is 2.00 bits per heavy atom. The molecule has 0 unspecified atom stereocenters. The van der Waals surface area contributed by atoms with Gasteiger partial charge in [0.25, 0.3) is 0 Å². The van der Waals surface area contributed by atoms with E-state index in [-0.39, 0.29) is 0 Å². The summed E-state index contributed by atoms with van der Waals surface area (Å²) in [6, 6.07) is 0. The molecule has 4 nitrogen and oxygen atoms in total. The first-order chi connectivity index (χ1) is 8.84. The number of hydrogen-bond acceptors (Lipinski definition) is 4. The molecule has 3 N–H and O–H groups in total. The highest BCUT2D eigenvalue weighted by Gasteiger charge is 2.49. The predicted molar refractivity (Wildman–Crippen MR) is 75.5 cm³/mol. The summed E-state index contributed by atoms with van der Waals surface area (Å²) in [5.41, 5.74) is 3.97. The molecule has 2 aliphatic rings. The standard InChI is InChI=1S/C15H26N2O2/c1-10-5-6-13(16-18)15(4,17-19)8-7-12-11(10)9-14(12,2)3/h11-12,17-19H,1,5-9H2,2-4H3/b16-13+/t11-,12-,15+/m0/s1. The van der Waals surface area contributed by atoms with E-state index in [1.807, 2.05) is 6.92 Å². The smallest absolute Gasteiger partial charge is 0.0815 e. The monoisotopic (exact) mass is 266 g/mol. The topological polar surface area (TPSA) is 64.9 Å². The number of nitrogens with zero attached hydrogens (tertiary/aromatic N) is 1. The van der Waals surface area contributed by atoms with Gasteiger partial charge in [-0.15, -0.1) is 0 Å². The van der Waals surface area contributed by atoms with Crippen molar-refractivity contribution in [3.05, 3.63) is 12.2 Å². The van der Waals surface area contributed by atoms with Gasteiger partial charge in [0, 0.05) is 0 Å². The molecular formula is C15H26N2O2. The predicted octanol–water partition coefficient (Wildman–Crippen LogP) is 3.35. The Labute approximate surface area is 115 Å². The molecule has 0 amide bonds. The van der Waals surface area contributed by atoms with Crippen LogP contribution < -0.4 is 5.48 Å². The molecule has 0 radical (unpaired) electrons. The van der Waals surface area contributed by atoms with E-state index >= 15 is 0 Å². The molecule has 2 rings (SSSR count). The largest absolute Gasteiger partial charge is 0.411 e. The molecule has 0 bridgehead atoms. The fraction of sp³-hybridized carbons (Fsp3) is 0.800. The lowest BCUT2D eigenvalue weighted by Gasteiger charge is -2.53. The van der Waals surface area contributed by atoms with E-state index in [2.05, 4.69) is 31.1 Å². The van der Waals surface area contributed by atoms with Gasteiger partial charge >= 0.3 is 0 Å². The van der Waals surface area contributed by atoms with Gasteiger partial charge in [0.2, 0.25) is 0 Å². The van der Waals surface area contributed by atoms with Gasteiger partial charge in [0.15, 0.2) is 0 Å². The molecule has 2 aliphatic carbocycles. The van der Waals surface area contributed by atoms with Crippen molar-refractivity contribution in [2.45, 2.75) is 58.4 Å². The Morgan fingerprint density at radius 3 is 2.53 bits per heavy atom. The van der Waals surface area contributed by atoms with Crippen LogP contribution in [0.25, 0.3) is 0 Å². The summed E-state index contributed by atoms with van der Waals surface area (Å²) in [4.78, 5) is 0. The maximum Gasteiger partial charge on any atom is 0.0815 e. The zero-order valence-corrected chi connectivity index (χ0v) is 12.2. The van der Waals surface area contributed by atoms with E-state index in [1.165, 1.54) is 12.0 Å². The average molecular weight is 266 g/mol. The second-order valence-electron chi connectivity index (χ2n) is 7.09. The van der Waals surface area contributed by atoms with E-state index in [0.29, 0.717) is 29.4 Å². The van der Waals surface area contributed by atoms with Crippen LogP contribution in [0.2, 0.25) is 0 Å². The molecule has 0 heterocycles. The molecule has 0 aromatic carbocycles. The zero-order chi connectivity index (χ0) is 14.3. The summed E-state index contributed by atoms with van der Waals surface area (Å²) in [6.07, 6.45) is 4.49. The Kier molecular flexibility index (Phi) is 3.76. The molecule has 19 heavy (non-hydrogen) atoms. The minimum absolute atomic E-state index is 0.352. The van der Waals surface area contributed by atoms with E-state index in [9.17, 15) is 10.4 Å². The Morgan fingerprint density at radius 1 is 1.32 bits per heavy atom. The lowest BCUT2D eigenvalue weighted by Crippen LogP contribution is -2.49. The van der Waals surface area contributed by atoms with Gasteiger partial charge in [0.1, 0.15) is 0 Å². The van der Waals surface area contributed by atoms with Crippen molar-refractivity contribution in [3.63, 3.8) is 0 Å². The molecule has 3 atom stereocenters. The minimum atomic E-state index is -0.629. The lowest BCUT2D eigenvalue weighted by molar-refractivity contribution is -0.00532. The molecule has 108 valence electrons. The van der Waals surface area contributed by atoms with Crippen molar-refractivity contribution in [1.29, 1.82) is 0 Å². The van der Waals surface area contributed by atoms with Crippen molar-refractivity contribution in [2.24, 2.45) is 22.4 Å². The van der Waals surface area contributed by atoms with Crippen LogP contribution in [-0.2, 0) is 0 Å². The maximum atomic E-state index is 9.46. The zero-order valence-electron chi connectivity index (χ0n) is 12.2. The summed E-state index contributed by atoms with van der Waals surface area (Å²) in [5, 5.41) is 22.1. The number of oxime groups is 1. The van der Waals surface area contributed by atoms with Crippen LogP contribution in [0.1, 0.15) is 52.9 Å². The molecule has 2 fully saturated rings. The highest BCUT2D eigenvalue weighted by atomic mass is 16.5. The summed E-state index contributed by atoms with van der Waals surface area (Å²) in [6.45, 7) is 10.7. The highest BCUT2D eigenvalue weighted by molar-refractivity contribution is 5.92. The van der Waals surface area contributed by atoms with Crippen molar-refractivity contribution >= 4 is 5.71 Å². The first kappa shape index (κ1) is 14.5. The molecule has 0 aromatic heterocycles. The molecule has 0 aliphatic heterocycles. The Hall–Kier alpha value is -0.870.